The highest BCUT2D eigenvalue weighted by Gasteiger charge is 2.19. The molecule has 1 saturated heterocycles. The number of halogens is 1. The summed E-state index contributed by atoms with van der Waals surface area (Å²) in [4.78, 5) is 12.1. The first-order chi connectivity index (χ1) is 12.7. The Balaban J connectivity index is 1.62. The van der Waals surface area contributed by atoms with Crippen LogP contribution in [0.2, 0.25) is 5.02 Å². The van der Waals surface area contributed by atoms with Crippen molar-refractivity contribution in [3.05, 3.63) is 59.1 Å². The monoisotopic (exact) mass is 373 g/mol. The van der Waals surface area contributed by atoms with Crippen molar-refractivity contribution >= 4 is 29.3 Å². The fourth-order valence-corrected chi connectivity index (χ4v) is 2.59. The van der Waals surface area contributed by atoms with E-state index >= 15 is 0 Å². The summed E-state index contributed by atoms with van der Waals surface area (Å²) >= 11 is 6.03. The molecular weight excluding hydrogens is 354 g/mol. The summed E-state index contributed by atoms with van der Waals surface area (Å²) in [5.74, 6) is 1.48. The Morgan fingerprint density at radius 3 is 2.77 bits per heavy atom. The summed E-state index contributed by atoms with van der Waals surface area (Å²) in [6.07, 6.45) is 3.16. The lowest BCUT2D eigenvalue weighted by molar-refractivity contribution is -0.111. The third-order valence-electron chi connectivity index (χ3n) is 3.93. The first-order valence-corrected chi connectivity index (χ1v) is 8.65. The van der Waals surface area contributed by atoms with E-state index < -0.39 is 0 Å². The Bertz CT molecular complexity index is 802. The zero-order valence-electron chi connectivity index (χ0n) is 14.4. The van der Waals surface area contributed by atoms with Gasteiger partial charge in [0.05, 0.1) is 37.6 Å². The highest BCUT2D eigenvalue weighted by molar-refractivity contribution is 6.33. The third-order valence-corrected chi connectivity index (χ3v) is 4.26. The summed E-state index contributed by atoms with van der Waals surface area (Å²) in [5, 5.41) is 3.24. The molecule has 0 aromatic heterocycles. The molecule has 2 aromatic carbocycles. The van der Waals surface area contributed by atoms with E-state index in [-0.39, 0.29) is 5.91 Å². The Morgan fingerprint density at radius 1 is 1.27 bits per heavy atom. The molecule has 0 spiro atoms. The first kappa shape index (κ1) is 18.3. The van der Waals surface area contributed by atoms with Gasteiger partial charge in [-0.1, -0.05) is 29.8 Å². The van der Waals surface area contributed by atoms with Crippen LogP contribution >= 0.6 is 11.6 Å². The van der Waals surface area contributed by atoms with E-state index in [1.807, 2.05) is 30.3 Å². The number of carbonyl (C=O) groups is 1. The fraction of sp³-hybridized carbons (Fsp3) is 0.250. The lowest BCUT2D eigenvalue weighted by atomic mass is 10.1. The molecule has 0 saturated carbocycles. The average molecular weight is 374 g/mol. The number of anilines is 1. The van der Waals surface area contributed by atoms with Gasteiger partial charge in [-0.2, -0.15) is 0 Å². The number of amides is 1. The van der Waals surface area contributed by atoms with E-state index in [0.717, 1.165) is 18.8 Å². The van der Waals surface area contributed by atoms with Gasteiger partial charge >= 0.3 is 0 Å². The number of para-hydroxylation sites is 1. The van der Waals surface area contributed by atoms with Crippen LogP contribution < -0.4 is 14.8 Å². The molecule has 0 bridgehead atoms. The summed E-state index contributed by atoms with van der Waals surface area (Å²) in [6.45, 7) is 2.08. The molecule has 1 aliphatic rings. The molecule has 0 unspecified atom stereocenters. The quantitative estimate of drug-likeness (QED) is 0.744. The van der Waals surface area contributed by atoms with E-state index in [4.69, 9.17) is 25.8 Å². The first-order valence-electron chi connectivity index (χ1n) is 8.28. The zero-order chi connectivity index (χ0) is 18.4. The maximum atomic E-state index is 12.1. The van der Waals surface area contributed by atoms with Crippen LogP contribution in [0, 0.1) is 5.92 Å². The minimum atomic E-state index is -0.262. The van der Waals surface area contributed by atoms with E-state index in [9.17, 15) is 4.79 Å². The number of benzene rings is 2. The molecule has 0 radical (unpaired) electrons. The number of hydrogen-bond donors (Lipinski definition) is 1. The van der Waals surface area contributed by atoms with Crippen LogP contribution in [-0.4, -0.2) is 32.8 Å². The molecular formula is C20H20ClNO4. The second-order valence-corrected chi connectivity index (χ2v) is 6.33. The van der Waals surface area contributed by atoms with Crippen molar-refractivity contribution < 1.29 is 19.0 Å². The van der Waals surface area contributed by atoms with Gasteiger partial charge in [0.25, 0.3) is 0 Å². The molecule has 1 N–H and O–H groups in total. The van der Waals surface area contributed by atoms with Gasteiger partial charge in [0, 0.05) is 12.0 Å². The van der Waals surface area contributed by atoms with Crippen LogP contribution in [0.25, 0.3) is 6.08 Å². The van der Waals surface area contributed by atoms with Gasteiger partial charge in [-0.15, -0.1) is 0 Å². The number of hydrogen-bond acceptors (Lipinski definition) is 4. The Hall–Kier alpha value is -2.50. The lowest BCUT2D eigenvalue weighted by Crippen LogP contribution is -2.32. The molecule has 5 nitrogen and oxygen atoms in total. The van der Waals surface area contributed by atoms with Crippen LogP contribution in [0.1, 0.15) is 5.56 Å². The molecule has 0 atom stereocenters. The second kappa shape index (κ2) is 8.74. The van der Waals surface area contributed by atoms with Crippen molar-refractivity contribution in [3.8, 4) is 11.5 Å². The predicted molar refractivity (Wildman–Crippen MR) is 102 cm³/mol. The van der Waals surface area contributed by atoms with Crippen molar-refractivity contribution in [1.29, 1.82) is 0 Å². The topological polar surface area (TPSA) is 56.8 Å². The summed E-state index contributed by atoms with van der Waals surface area (Å²) < 4.78 is 16.3. The van der Waals surface area contributed by atoms with Crippen LogP contribution in [0.4, 0.5) is 5.69 Å². The Labute approximate surface area is 157 Å². The number of rotatable bonds is 7. The van der Waals surface area contributed by atoms with Crippen LogP contribution in [0.5, 0.6) is 11.5 Å². The number of nitrogens with one attached hydrogen (secondary N) is 1. The van der Waals surface area contributed by atoms with Crippen LogP contribution in [0.15, 0.2) is 48.5 Å². The Morgan fingerprint density at radius 2 is 2.08 bits per heavy atom. The van der Waals surface area contributed by atoms with Gasteiger partial charge < -0.3 is 19.5 Å². The lowest BCUT2D eigenvalue weighted by Gasteiger charge is -2.26. The van der Waals surface area contributed by atoms with Crippen molar-refractivity contribution in [2.24, 2.45) is 5.92 Å². The minimum Gasteiger partial charge on any atom is -0.493 e. The number of carbonyl (C=O) groups excluding carboxylic acids is 1. The molecule has 1 heterocycles. The van der Waals surface area contributed by atoms with Gasteiger partial charge in [0.2, 0.25) is 5.91 Å². The largest absolute Gasteiger partial charge is 0.493 e. The minimum absolute atomic E-state index is 0.262. The van der Waals surface area contributed by atoms with Crippen LogP contribution in [0.3, 0.4) is 0 Å². The van der Waals surface area contributed by atoms with Crippen LogP contribution in [-0.2, 0) is 9.53 Å². The second-order valence-electron chi connectivity index (χ2n) is 5.93. The third kappa shape index (κ3) is 4.77. The SMILES string of the molecule is COc1cc(/C=C/C(=O)Nc2ccccc2Cl)ccc1OCC1COC1. The fourth-order valence-electron chi connectivity index (χ4n) is 2.40. The summed E-state index contributed by atoms with van der Waals surface area (Å²) in [7, 11) is 1.59. The van der Waals surface area contributed by atoms with Gasteiger partial charge in [-0.05, 0) is 35.9 Å². The molecule has 1 aliphatic heterocycles. The van der Waals surface area contributed by atoms with E-state index in [0.29, 0.717) is 34.7 Å². The molecule has 3 rings (SSSR count). The van der Waals surface area contributed by atoms with E-state index in [1.54, 1.807) is 25.3 Å². The van der Waals surface area contributed by atoms with E-state index in [1.165, 1.54) is 6.08 Å². The van der Waals surface area contributed by atoms with Crippen molar-refractivity contribution in [2.45, 2.75) is 0 Å². The van der Waals surface area contributed by atoms with Crippen molar-refractivity contribution in [1.82, 2.24) is 0 Å². The molecule has 1 fully saturated rings. The van der Waals surface area contributed by atoms with Gasteiger partial charge in [-0.3, -0.25) is 4.79 Å². The van der Waals surface area contributed by atoms with Gasteiger partial charge in [0.15, 0.2) is 11.5 Å². The van der Waals surface area contributed by atoms with E-state index in [2.05, 4.69) is 5.32 Å². The highest BCUT2D eigenvalue weighted by Crippen LogP contribution is 2.29. The average Bonchev–Trinajstić information content (AvgIpc) is 2.61. The van der Waals surface area contributed by atoms with Gasteiger partial charge in [-0.25, -0.2) is 0 Å². The maximum Gasteiger partial charge on any atom is 0.248 e. The summed E-state index contributed by atoms with van der Waals surface area (Å²) in [5.41, 5.74) is 1.40. The number of methoxy groups -OCH3 is 1. The van der Waals surface area contributed by atoms with Crippen molar-refractivity contribution in [3.63, 3.8) is 0 Å². The Kier molecular flexibility index (Phi) is 6.15. The molecule has 0 aliphatic carbocycles. The number of ether oxygens (including phenoxy) is 3. The molecule has 26 heavy (non-hydrogen) atoms. The zero-order valence-corrected chi connectivity index (χ0v) is 15.2. The predicted octanol–water partition coefficient (Wildman–Crippen LogP) is 4.03. The molecule has 6 heteroatoms. The molecule has 1 amide bonds. The molecule has 2 aromatic rings. The van der Waals surface area contributed by atoms with Gasteiger partial charge in [0.1, 0.15) is 0 Å². The highest BCUT2D eigenvalue weighted by atomic mass is 35.5. The smallest absolute Gasteiger partial charge is 0.248 e. The maximum absolute atomic E-state index is 12.1. The summed E-state index contributed by atoms with van der Waals surface area (Å²) in [6, 6.07) is 12.6. The standard InChI is InChI=1S/C20H20ClNO4/c1-24-19-10-14(6-8-18(19)26-13-15-11-25-12-15)7-9-20(23)22-17-5-3-2-4-16(17)21/h2-10,15H,11-13H2,1H3,(H,22,23)/b9-7+. The molecule has 136 valence electrons. The normalized spacial score (nSPS) is 14.1. The van der Waals surface area contributed by atoms with Crippen molar-refractivity contribution in [2.75, 3.05) is 32.2 Å².